The highest BCUT2D eigenvalue weighted by Gasteiger charge is 2.22. The third-order valence-electron chi connectivity index (χ3n) is 1.85. The molecule has 0 saturated carbocycles. The van der Waals surface area contributed by atoms with Gasteiger partial charge in [0.25, 0.3) is 0 Å². The lowest BCUT2D eigenvalue weighted by Gasteiger charge is -2.28. The summed E-state index contributed by atoms with van der Waals surface area (Å²) in [5.74, 6) is 0.443. The Bertz CT molecular complexity index is 152. The van der Waals surface area contributed by atoms with E-state index in [4.69, 9.17) is 9.47 Å². The highest BCUT2D eigenvalue weighted by atomic mass is 16.7. The molecule has 1 fully saturated rings. The van der Waals surface area contributed by atoms with Gasteiger partial charge >= 0.3 is 0 Å². The number of allylic oxidation sites excluding steroid dienone is 2. The summed E-state index contributed by atoms with van der Waals surface area (Å²) in [6, 6.07) is 0. The molecule has 0 aromatic heterocycles. The quantitative estimate of drug-likeness (QED) is 0.499. The SMILES string of the molecule is C1=CC2OCOC[C@@H]2C=C1. The average Bonchev–Trinajstić information content (AvgIpc) is 2.05. The Morgan fingerprint density at radius 2 is 2.10 bits per heavy atom. The standard InChI is InChI=1S/C8H10O2/c1-2-4-8-7(3-1)5-9-6-10-8/h1-4,7-8H,5-6H2/t7-,8?/m0/s1. The second kappa shape index (κ2) is 2.56. The molecule has 0 N–H and O–H groups in total. The maximum absolute atomic E-state index is 5.32. The third-order valence-corrected chi connectivity index (χ3v) is 1.85. The smallest absolute Gasteiger partial charge is 0.147 e. The van der Waals surface area contributed by atoms with Crippen LogP contribution in [0.5, 0.6) is 0 Å². The van der Waals surface area contributed by atoms with Gasteiger partial charge in [-0.15, -0.1) is 0 Å². The van der Waals surface area contributed by atoms with Gasteiger partial charge in [-0.2, -0.15) is 0 Å². The van der Waals surface area contributed by atoms with Crippen molar-refractivity contribution < 1.29 is 9.47 Å². The maximum atomic E-state index is 5.32. The first-order chi connectivity index (χ1) is 4.97. The fourth-order valence-electron chi connectivity index (χ4n) is 1.27. The predicted octanol–water partition coefficient (Wildman–Crippen LogP) is 1.10. The van der Waals surface area contributed by atoms with Crippen LogP contribution in [0.1, 0.15) is 0 Å². The van der Waals surface area contributed by atoms with Gasteiger partial charge in [0.2, 0.25) is 0 Å². The molecule has 1 heterocycles. The van der Waals surface area contributed by atoms with Crippen molar-refractivity contribution in [1.82, 2.24) is 0 Å². The second-order valence-corrected chi connectivity index (χ2v) is 2.55. The molecule has 2 aliphatic rings. The topological polar surface area (TPSA) is 18.5 Å². The zero-order valence-corrected chi connectivity index (χ0v) is 5.69. The lowest BCUT2D eigenvalue weighted by molar-refractivity contribution is -0.143. The summed E-state index contributed by atoms with van der Waals surface area (Å²) < 4.78 is 10.5. The Morgan fingerprint density at radius 3 is 3.00 bits per heavy atom. The minimum atomic E-state index is 0.263. The van der Waals surface area contributed by atoms with Crippen molar-refractivity contribution in [3.8, 4) is 0 Å². The molecule has 2 rings (SSSR count). The Morgan fingerprint density at radius 1 is 1.20 bits per heavy atom. The van der Waals surface area contributed by atoms with Gasteiger partial charge in [-0.3, -0.25) is 0 Å². The van der Waals surface area contributed by atoms with E-state index in [1.54, 1.807) is 0 Å². The second-order valence-electron chi connectivity index (χ2n) is 2.55. The van der Waals surface area contributed by atoms with Gasteiger partial charge in [-0.1, -0.05) is 24.3 Å². The Kier molecular flexibility index (Phi) is 1.57. The highest BCUT2D eigenvalue weighted by Crippen LogP contribution is 2.19. The largest absolute Gasteiger partial charge is 0.355 e. The van der Waals surface area contributed by atoms with Gasteiger partial charge < -0.3 is 9.47 Å². The first-order valence-electron chi connectivity index (χ1n) is 3.51. The van der Waals surface area contributed by atoms with Crippen molar-refractivity contribution in [2.45, 2.75) is 6.10 Å². The van der Waals surface area contributed by atoms with Crippen LogP contribution >= 0.6 is 0 Å². The Labute approximate surface area is 60.1 Å². The summed E-state index contributed by atoms with van der Waals surface area (Å²) in [6.07, 6.45) is 8.53. The molecule has 1 aliphatic carbocycles. The van der Waals surface area contributed by atoms with Crippen LogP contribution in [0.4, 0.5) is 0 Å². The Hall–Kier alpha value is -0.600. The van der Waals surface area contributed by atoms with Crippen LogP contribution in [-0.4, -0.2) is 19.5 Å². The number of hydrogen-bond acceptors (Lipinski definition) is 2. The fraction of sp³-hybridized carbons (Fsp3) is 0.500. The van der Waals surface area contributed by atoms with Gasteiger partial charge in [-0.25, -0.2) is 0 Å². The Balaban J connectivity index is 2.09. The van der Waals surface area contributed by atoms with Crippen LogP contribution in [0, 0.1) is 5.92 Å². The molecular formula is C8H10O2. The molecule has 2 heteroatoms. The minimum Gasteiger partial charge on any atom is -0.355 e. The molecule has 1 saturated heterocycles. The first kappa shape index (κ1) is 6.13. The summed E-state index contributed by atoms with van der Waals surface area (Å²) in [4.78, 5) is 0. The molecule has 0 amide bonds. The van der Waals surface area contributed by atoms with Crippen LogP contribution in [0.2, 0.25) is 0 Å². The maximum Gasteiger partial charge on any atom is 0.147 e. The van der Waals surface area contributed by atoms with E-state index < -0.39 is 0 Å². The van der Waals surface area contributed by atoms with Crippen molar-refractivity contribution in [2.75, 3.05) is 13.4 Å². The van der Waals surface area contributed by atoms with Crippen LogP contribution in [0.3, 0.4) is 0 Å². The van der Waals surface area contributed by atoms with Gasteiger partial charge in [0.15, 0.2) is 0 Å². The highest BCUT2D eigenvalue weighted by molar-refractivity contribution is 5.15. The third kappa shape index (κ3) is 1.00. The number of rotatable bonds is 0. The van der Waals surface area contributed by atoms with Crippen LogP contribution in [0.15, 0.2) is 24.3 Å². The van der Waals surface area contributed by atoms with E-state index in [2.05, 4.69) is 12.2 Å². The van der Waals surface area contributed by atoms with Crippen molar-refractivity contribution in [3.63, 3.8) is 0 Å². The number of hydrogen-bond donors (Lipinski definition) is 0. The van der Waals surface area contributed by atoms with E-state index >= 15 is 0 Å². The summed E-state index contributed by atoms with van der Waals surface area (Å²) in [7, 11) is 0. The van der Waals surface area contributed by atoms with Crippen LogP contribution < -0.4 is 0 Å². The summed E-state index contributed by atoms with van der Waals surface area (Å²) in [6.45, 7) is 1.24. The zero-order chi connectivity index (χ0) is 6.81. The molecule has 1 aliphatic heterocycles. The summed E-state index contributed by atoms with van der Waals surface area (Å²) in [5, 5.41) is 0. The van der Waals surface area contributed by atoms with E-state index in [1.807, 2.05) is 12.2 Å². The van der Waals surface area contributed by atoms with E-state index in [0.717, 1.165) is 6.61 Å². The lowest BCUT2D eigenvalue weighted by atomic mass is 9.98. The van der Waals surface area contributed by atoms with E-state index in [0.29, 0.717) is 12.7 Å². The van der Waals surface area contributed by atoms with Gasteiger partial charge in [0.05, 0.1) is 12.7 Å². The monoisotopic (exact) mass is 138 g/mol. The van der Waals surface area contributed by atoms with Crippen molar-refractivity contribution >= 4 is 0 Å². The predicted molar refractivity (Wildman–Crippen MR) is 37.5 cm³/mol. The zero-order valence-electron chi connectivity index (χ0n) is 5.69. The van der Waals surface area contributed by atoms with Crippen molar-refractivity contribution in [2.24, 2.45) is 5.92 Å². The molecule has 0 aromatic carbocycles. The minimum absolute atomic E-state index is 0.263. The van der Waals surface area contributed by atoms with Crippen molar-refractivity contribution in [1.29, 1.82) is 0 Å². The van der Waals surface area contributed by atoms with Crippen molar-refractivity contribution in [3.05, 3.63) is 24.3 Å². The fourth-order valence-corrected chi connectivity index (χ4v) is 1.27. The molecule has 2 atom stereocenters. The normalized spacial score (nSPS) is 37.6. The van der Waals surface area contributed by atoms with Gasteiger partial charge in [-0.05, 0) is 0 Å². The van der Waals surface area contributed by atoms with Gasteiger partial charge in [0.1, 0.15) is 6.79 Å². The summed E-state index contributed by atoms with van der Waals surface area (Å²) >= 11 is 0. The molecule has 0 bridgehead atoms. The van der Waals surface area contributed by atoms with E-state index in [1.165, 1.54) is 0 Å². The number of ether oxygens (including phenoxy) is 2. The molecule has 2 nitrogen and oxygen atoms in total. The molecule has 54 valence electrons. The molecule has 0 radical (unpaired) electrons. The lowest BCUT2D eigenvalue weighted by Crippen LogP contribution is -2.32. The first-order valence-corrected chi connectivity index (χ1v) is 3.51. The molecule has 1 unspecified atom stereocenters. The molecule has 0 spiro atoms. The summed E-state index contributed by atoms with van der Waals surface area (Å²) in [5.41, 5.74) is 0. The van der Waals surface area contributed by atoms with E-state index in [-0.39, 0.29) is 6.10 Å². The molecular weight excluding hydrogens is 128 g/mol. The van der Waals surface area contributed by atoms with Gasteiger partial charge in [0, 0.05) is 5.92 Å². The van der Waals surface area contributed by atoms with E-state index in [9.17, 15) is 0 Å². The van der Waals surface area contributed by atoms with Crippen LogP contribution in [0.25, 0.3) is 0 Å². The average molecular weight is 138 g/mol. The number of fused-ring (bicyclic) bond motifs is 1. The molecule has 10 heavy (non-hydrogen) atoms. The molecule has 0 aromatic rings. The van der Waals surface area contributed by atoms with Crippen LogP contribution in [-0.2, 0) is 9.47 Å².